The molecule has 0 spiro atoms. The zero-order valence-electron chi connectivity index (χ0n) is 22.8. The molecule has 40 heavy (non-hydrogen) atoms. The Bertz CT molecular complexity index is 1410. The van der Waals surface area contributed by atoms with Gasteiger partial charge >= 0.3 is 0 Å². The maximum atomic E-state index is 14.0. The molecule has 0 aliphatic carbocycles. The molecule has 1 atom stereocenters. The maximum Gasteiger partial charge on any atom is 0.269 e. The Morgan fingerprint density at radius 2 is 1.57 bits per heavy atom. The summed E-state index contributed by atoms with van der Waals surface area (Å²) >= 11 is 0. The highest BCUT2D eigenvalue weighted by Gasteiger charge is 2.33. The molecule has 0 aliphatic rings. The zero-order chi connectivity index (χ0) is 29.3. The SMILES string of the molecule is CCCNC(=O)C(CC)N(Cc1ccc(C)cc1)C(=O)CN(c1ccc([N+](=O)[O-])cc1)S(=O)(=O)c1ccccc1. The van der Waals surface area contributed by atoms with E-state index in [1.54, 1.807) is 25.1 Å². The van der Waals surface area contributed by atoms with E-state index in [-0.39, 0.29) is 28.7 Å². The molecule has 0 fully saturated rings. The molecule has 11 heteroatoms. The van der Waals surface area contributed by atoms with Crippen LogP contribution in [0.5, 0.6) is 0 Å². The van der Waals surface area contributed by atoms with E-state index in [1.807, 2.05) is 38.1 Å². The summed E-state index contributed by atoms with van der Waals surface area (Å²) in [6, 6.07) is 19.3. The quantitative estimate of drug-likeness (QED) is 0.241. The zero-order valence-corrected chi connectivity index (χ0v) is 23.6. The highest BCUT2D eigenvalue weighted by atomic mass is 32.2. The van der Waals surface area contributed by atoms with Gasteiger partial charge in [-0.25, -0.2) is 8.42 Å². The monoisotopic (exact) mass is 566 g/mol. The van der Waals surface area contributed by atoms with E-state index < -0.39 is 33.4 Å². The third-order valence-electron chi connectivity index (χ3n) is 6.37. The second-order valence-corrected chi connectivity index (χ2v) is 11.2. The minimum atomic E-state index is -4.25. The van der Waals surface area contributed by atoms with Crippen LogP contribution >= 0.6 is 0 Å². The normalized spacial score (nSPS) is 11.9. The van der Waals surface area contributed by atoms with E-state index in [0.29, 0.717) is 13.0 Å². The fourth-order valence-corrected chi connectivity index (χ4v) is 5.60. The molecule has 212 valence electrons. The van der Waals surface area contributed by atoms with Crippen LogP contribution in [-0.2, 0) is 26.2 Å². The van der Waals surface area contributed by atoms with Crippen molar-refractivity contribution in [1.29, 1.82) is 0 Å². The Morgan fingerprint density at radius 1 is 0.950 bits per heavy atom. The lowest BCUT2D eigenvalue weighted by atomic mass is 10.1. The number of amides is 2. The van der Waals surface area contributed by atoms with Crippen LogP contribution in [0.1, 0.15) is 37.8 Å². The lowest BCUT2D eigenvalue weighted by molar-refractivity contribution is -0.384. The summed E-state index contributed by atoms with van der Waals surface area (Å²) in [5.41, 5.74) is 1.69. The van der Waals surface area contributed by atoms with Gasteiger partial charge in [-0.05, 0) is 49.6 Å². The number of nitrogens with one attached hydrogen (secondary N) is 1. The van der Waals surface area contributed by atoms with Gasteiger partial charge in [0, 0.05) is 25.2 Å². The molecule has 3 rings (SSSR count). The van der Waals surface area contributed by atoms with Gasteiger partial charge in [0.1, 0.15) is 12.6 Å². The second-order valence-electron chi connectivity index (χ2n) is 9.32. The Labute approximate surface area is 234 Å². The van der Waals surface area contributed by atoms with Crippen LogP contribution < -0.4 is 9.62 Å². The Balaban J connectivity index is 2.05. The minimum absolute atomic E-state index is 0.0426. The molecule has 0 radical (unpaired) electrons. The van der Waals surface area contributed by atoms with Gasteiger partial charge in [0.15, 0.2) is 0 Å². The number of carbonyl (C=O) groups is 2. The number of nitrogens with zero attached hydrogens (tertiary/aromatic N) is 3. The van der Waals surface area contributed by atoms with Crippen LogP contribution in [-0.4, -0.2) is 49.2 Å². The average Bonchev–Trinajstić information content (AvgIpc) is 2.96. The molecule has 1 N–H and O–H groups in total. The topological polar surface area (TPSA) is 130 Å². The molecule has 2 amide bonds. The second kappa shape index (κ2) is 13.7. The molecule has 0 aromatic heterocycles. The first kappa shape index (κ1) is 30.3. The van der Waals surface area contributed by atoms with Crippen LogP contribution in [0, 0.1) is 17.0 Å². The standard InChI is InChI=1S/C29H34N4O6S/c1-4-19-30-29(35)27(5-2)31(20-23-13-11-22(3)12-14-23)28(34)21-32(24-15-17-25(18-16-24)33(36)37)40(38,39)26-9-7-6-8-10-26/h6-18,27H,4-5,19-21H2,1-3H3,(H,30,35). The first-order valence-corrected chi connectivity index (χ1v) is 14.5. The summed E-state index contributed by atoms with van der Waals surface area (Å²) in [6.07, 6.45) is 1.04. The number of aryl methyl sites for hydroxylation is 1. The molecule has 3 aromatic carbocycles. The van der Waals surface area contributed by atoms with Crippen molar-refractivity contribution < 1.29 is 22.9 Å². The molecule has 0 saturated heterocycles. The number of anilines is 1. The number of rotatable bonds is 13. The van der Waals surface area contributed by atoms with E-state index >= 15 is 0 Å². The predicted octanol–water partition coefficient (Wildman–Crippen LogP) is 4.43. The fourth-order valence-electron chi connectivity index (χ4n) is 4.16. The van der Waals surface area contributed by atoms with Gasteiger partial charge in [0.25, 0.3) is 15.7 Å². The lowest BCUT2D eigenvalue weighted by Crippen LogP contribution is -2.52. The number of hydrogen-bond acceptors (Lipinski definition) is 6. The van der Waals surface area contributed by atoms with Crippen molar-refractivity contribution in [1.82, 2.24) is 10.2 Å². The number of non-ortho nitro benzene ring substituents is 1. The van der Waals surface area contributed by atoms with Gasteiger partial charge in [-0.1, -0.05) is 61.9 Å². The molecule has 0 bridgehead atoms. The van der Waals surface area contributed by atoms with Crippen molar-refractivity contribution in [3.63, 3.8) is 0 Å². The van der Waals surface area contributed by atoms with E-state index in [2.05, 4.69) is 5.32 Å². The predicted molar refractivity (Wildman–Crippen MR) is 153 cm³/mol. The van der Waals surface area contributed by atoms with Crippen molar-refractivity contribution >= 4 is 33.2 Å². The van der Waals surface area contributed by atoms with Gasteiger partial charge in [-0.2, -0.15) is 0 Å². The van der Waals surface area contributed by atoms with Crippen LogP contribution in [0.4, 0.5) is 11.4 Å². The third-order valence-corrected chi connectivity index (χ3v) is 8.16. The van der Waals surface area contributed by atoms with Crippen molar-refractivity contribution in [2.75, 3.05) is 17.4 Å². The molecule has 0 saturated carbocycles. The molecular weight excluding hydrogens is 532 g/mol. The Kier molecular flexibility index (Phi) is 10.4. The minimum Gasteiger partial charge on any atom is -0.354 e. The van der Waals surface area contributed by atoms with Crippen molar-refractivity contribution in [2.24, 2.45) is 0 Å². The largest absolute Gasteiger partial charge is 0.354 e. The van der Waals surface area contributed by atoms with E-state index in [0.717, 1.165) is 21.9 Å². The first-order valence-electron chi connectivity index (χ1n) is 13.0. The van der Waals surface area contributed by atoms with Gasteiger partial charge < -0.3 is 10.2 Å². The van der Waals surface area contributed by atoms with Gasteiger partial charge in [0.05, 0.1) is 15.5 Å². The number of nitro groups is 1. The highest BCUT2D eigenvalue weighted by molar-refractivity contribution is 7.92. The van der Waals surface area contributed by atoms with Crippen molar-refractivity contribution in [3.05, 3.63) is 100 Å². The van der Waals surface area contributed by atoms with E-state index in [4.69, 9.17) is 0 Å². The summed E-state index contributed by atoms with van der Waals surface area (Å²) in [7, 11) is -4.25. The maximum absolute atomic E-state index is 14.0. The molecule has 0 heterocycles. The molecule has 10 nitrogen and oxygen atoms in total. The Morgan fingerprint density at radius 3 is 2.12 bits per heavy atom. The number of carbonyl (C=O) groups excluding carboxylic acids is 2. The summed E-state index contributed by atoms with van der Waals surface area (Å²) in [5.74, 6) is -0.908. The highest BCUT2D eigenvalue weighted by Crippen LogP contribution is 2.26. The number of sulfonamides is 1. The van der Waals surface area contributed by atoms with Crippen LogP contribution in [0.15, 0.2) is 83.8 Å². The third kappa shape index (κ3) is 7.44. The van der Waals surface area contributed by atoms with Gasteiger partial charge in [-0.3, -0.25) is 24.0 Å². The molecule has 3 aromatic rings. The lowest BCUT2D eigenvalue weighted by Gasteiger charge is -2.33. The van der Waals surface area contributed by atoms with Gasteiger partial charge in [-0.15, -0.1) is 0 Å². The van der Waals surface area contributed by atoms with Crippen LogP contribution in [0.25, 0.3) is 0 Å². The van der Waals surface area contributed by atoms with Crippen molar-refractivity contribution in [2.45, 2.75) is 51.1 Å². The summed E-state index contributed by atoms with van der Waals surface area (Å²) in [6.45, 7) is 5.58. The first-order chi connectivity index (χ1) is 19.1. The number of nitro benzene ring substituents is 1. The molecule has 1 unspecified atom stereocenters. The van der Waals surface area contributed by atoms with Crippen LogP contribution in [0.3, 0.4) is 0 Å². The van der Waals surface area contributed by atoms with Crippen molar-refractivity contribution in [3.8, 4) is 0 Å². The summed E-state index contributed by atoms with van der Waals surface area (Å²) in [4.78, 5) is 39.0. The van der Waals surface area contributed by atoms with Gasteiger partial charge in [0.2, 0.25) is 11.8 Å². The van der Waals surface area contributed by atoms with E-state index in [9.17, 15) is 28.1 Å². The molecular formula is C29H34N4O6S. The summed E-state index contributed by atoms with van der Waals surface area (Å²) in [5, 5.41) is 14.0. The van der Waals surface area contributed by atoms with E-state index in [1.165, 1.54) is 41.3 Å². The van der Waals surface area contributed by atoms with Crippen LogP contribution in [0.2, 0.25) is 0 Å². The molecule has 0 aliphatic heterocycles. The number of benzene rings is 3. The average molecular weight is 567 g/mol. The Hall–Kier alpha value is -4.25. The fraction of sp³-hybridized carbons (Fsp3) is 0.310. The smallest absolute Gasteiger partial charge is 0.269 e. The summed E-state index contributed by atoms with van der Waals surface area (Å²) < 4.78 is 28.4. The number of hydrogen-bond donors (Lipinski definition) is 1.